The van der Waals surface area contributed by atoms with Gasteiger partial charge in [0.25, 0.3) is 0 Å². The molecule has 0 fully saturated rings. The van der Waals surface area contributed by atoms with E-state index < -0.39 is 0 Å². The SMILES string of the molecule is Cc1ccc(F)cc1CC(NN)c1ccc(C(C)C)cc1. The molecular formula is C18H23FN2. The molecule has 0 aliphatic heterocycles. The summed E-state index contributed by atoms with van der Waals surface area (Å²) in [6, 6.07) is 13.3. The van der Waals surface area contributed by atoms with E-state index in [1.165, 1.54) is 11.6 Å². The van der Waals surface area contributed by atoms with E-state index in [9.17, 15) is 4.39 Å². The van der Waals surface area contributed by atoms with Crippen molar-refractivity contribution in [2.45, 2.75) is 39.2 Å². The van der Waals surface area contributed by atoms with Crippen LogP contribution in [-0.4, -0.2) is 0 Å². The lowest BCUT2D eigenvalue weighted by Crippen LogP contribution is -2.29. The maximum atomic E-state index is 13.4. The number of benzene rings is 2. The standard InChI is InChI=1S/C18H23FN2/c1-12(2)14-5-7-15(8-6-14)18(21-20)11-16-10-17(19)9-4-13(16)3/h4-10,12,18,21H,11,20H2,1-3H3. The molecular weight excluding hydrogens is 263 g/mol. The van der Waals surface area contributed by atoms with Crippen LogP contribution in [0, 0.1) is 12.7 Å². The molecule has 0 heterocycles. The second-order valence-corrected chi connectivity index (χ2v) is 5.82. The Morgan fingerprint density at radius 1 is 1.05 bits per heavy atom. The summed E-state index contributed by atoms with van der Waals surface area (Å²) < 4.78 is 13.4. The molecule has 3 heteroatoms. The van der Waals surface area contributed by atoms with Crippen molar-refractivity contribution in [1.29, 1.82) is 0 Å². The van der Waals surface area contributed by atoms with Crippen LogP contribution in [0.25, 0.3) is 0 Å². The summed E-state index contributed by atoms with van der Waals surface area (Å²) in [5, 5.41) is 0. The Kier molecular flexibility index (Phi) is 5.10. The van der Waals surface area contributed by atoms with Crippen LogP contribution < -0.4 is 11.3 Å². The van der Waals surface area contributed by atoms with Crippen LogP contribution in [-0.2, 0) is 6.42 Å². The molecule has 0 bridgehead atoms. The lowest BCUT2D eigenvalue weighted by molar-refractivity contribution is 0.547. The van der Waals surface area contributed by atoms with Crippen LogP contribution in [0.2, 0.25) is 0 Å². The number of hydrogen-bond donors (Lipinski definition) is 2. The van der Waals surface area contributed by atoms with E-state index in [1.807, 2.05) is 6.92 Å². The molecule has 0 amide bonds. The van der Waals surface area contributed by atoms with Gasteiger partial charge in [-0.15, -0.1) is 0 Å². The van der Waals surface area contributed by atoms with E-state index in [0.29, 0.717) is 12.3 Å². The van der Waals surface area contributed by atoms with Gasteiger partial charge in [-0.05, 0) is 53.6 Å². The quantitative estimate of drug-likeness (QED) is 0.644. The fourth-order valence-electron chi connectivity index (χ4n) is 2.47. The van der Waals surface area contributed by atoms with Crippen molar-refractivity contribution in [2.75, 3.05) is 0 Å². The molecule has 0 aliphatic rings. The number of nitrogens with two attached hydrogens (primary N) is 1. The lowest BCUT2D eigenvalue weighted by Gasteiger charge is -2.18. The number of hydrazine groups is 1. The van der Waals surface area contributed by atoms with Crippen molar-refractivity contribution in [3.8, 4) is 0 Å². The molecule has 0 saturated carbocycles. The second kappa shape index (κ2) is 6.83. The summed E-state index contributed by atoms with van der Waals surface area (Å²) in [6.07, 6.45) is 0.668. The van der Waals surface area contributed by atoms with E-state index in [4.69, 9.17) is 5.84 Å². The van der Waals surface area contributed by atoms with Gasteiger partial charge in [-0.3, -0.25) is 11.3 Å². The highest BCUT2D eigenvalue weighted by molar-refractivity contribution is 5.31. The Labute approximate surface area is 126 Å². The Hall–Kier alpha value is -1.71. The molecule has 0 aromatic heterocycles. The number of hydrogen-bond acceptors (Lipinski definition) is 2. The predicted octanol–water partition coefficient (Wildman–Crippen LogP) is 4.00. The van der Waals surface area contributed by atoms with Gasteiger partial charge in [0, 0.05) is 6.04 Å². The normalized spacial score (nSPS) is 12.7. The molecule has 0 saturated heterocycles. The third kappa shape index (κ3) is 3.90. The molecule has 0 spiro atoms. The smallest absolute Gasteiger partial charge is 0.123 e. The molecule has 1 unspecified atom stereocenters. The molecule has 2 nitrogen and oxygen atoms in total. The number of halogens is 1. The third-order valence-electron chi connectivity index (χ3n) is 3.94. The zero-order valence-electron chi connectivity index (χ0n) is 12.9. The van der Waals surface area contributed by atoms with Crippen molar-refractivity contribution in [1.82, 2.24) is 5.43 Å². The first-order chi connectivity index (χ1) is 10.0. The highest BCUT2D eigenvalue weighted by atomic mass is 19.1. The Morgan fingerprint density at radius 2 is 1.67 bits per heavy atom. The average Bonchev–Trinajstić information content (AvgIpc) is 2.48. The van der Waals surface area contributed by atoms with E-state index in [1.54, 1.807) is 12.1 Å². The van der Waals surface area contributed by atoms with Crippen LogP contribution in [0.15, 0.2) is 42.5 Å². The fraction of sp³-hybridized carbons (Fsp3) is 0.333. The zero-order valence-corrected chi connectivity index (χ0v) is 12.9. The minimum atomic E-state index is -0.207. The van der Waals surface area contributed by atoms with Gasteiger partial charge in [-0.25, -0.2) is 4.39 Å². The van der Waals surface area contributed by atoms with Crippen molar-refractivity contribution in [3.63, 3.8) is 0 Å². The first-order valence-electron chi connectivity index (χ1n) is 7.32. The highest BCUT2D eigenvalue weighted by Crippen LogP contribution is 2.23. The molecule has 21 heavy (non-hydrogen) atoms. The largest absolute Gasteiger partial charge is 0.271 e. The second-order valence-electron chi connectivity index (χ2n) is 5.82. The molecule has 2 aromatic rings. The summed E-state index contributed by atoms with van der Waals surface area (Å²) in [5.41, 5.74) is 7.32. The summed E-state index contributed by atoms with van der Waals surface area (Å²) in [4.78, 5) is 0. The summed E-state index contributed by atoms with van der Waals surface area (Å²) in [5.74, 6) is 6.00. The van der Waals surface area contributed by atoms with Crippen LogP contribution in [0.3, 0.4) is 0 Å². The van der Waals surface area contributed by atoms with E-state index in [-0.39, 0.29) is 11.9 Å². The van der Waals surface area contributed by atoms with Crippen LogP contribution >= 0.6 is 0 Å². The maximum Gasteiger partial charge on any atom is 0.123 e. The number of rotatable bonds is 5. The predicted molar refractivity (Wildman–Crippen MR) is 85.4 cm³/mol. The highest BCUT2D eigenvalue weighted by Gasteiger charge is 2.13. The molecule has 0 radical (unpaired) electrons. The van der Waals surface area contributed by atoms with Gasteiger partial charge in [-0.1, -0.05) is 44.2 Å². The fourth-order valence-corrected chi connectivity index (χ4v) is 2.47. The maximum absolute atomic E-state index is 13.4. The van der Waals surface area contributed by atoms with Crippen molar-refractivity contribution in [3.05, 3.63) is 70.5 Å². The zero-order chi connectivity index (χ0) is 15.4. The topological polar surface area (TPSA) is 38.0 Å². The van der Waals surface area contributed by atoms with Gasteiger partial charge < -0.3 is 0 Å². The van der Waals surface area contributed by atoms with Gasteiger partial charge >= 0.3 is 0 Å². The number of aryl methyl sites for hydroxylation is 1. The van der Waals surface area contributed by atoms with Crippen LogP contribution in [0.4, 0.5) is 4.39 Å². The molecule has 0 aliphatic carbocycles. The Bertz CT molecular complexity index is 591. The lowest BCUT2D eigenvalue weighted by atomic mass is 9.94. The average molecular weight is 286 g/mol. The van der Waals surface area contributed by atoms with E-state index >= 15 is 0 Å². The molecule has 2 aromatic carbocycles. The number of nitrogens with one attached hydrogen (secondary N) is 1. The molecule has 1 atom stereocenters. The van der Waals surface area contributed by atoms with Crippen LogP contribution in [0.1, 0.15) is 48.1 Å². The molecule has 112 valence electrons. The van der Waals surface area contributed by atoms with E-state index in [0.717, 1.165) is 16.7 Å². The first-order valence-corrected chi connectivity index (χ1v) is 7.32. The minimum absolute atomic E-state index is 0.0216. The van der Waals surface area contributed by atoms with Crippen molar-refractivity contribution >= 4 is 0 Å². The molecule has 3 N–H and O–H groups in total. The summed E-state index contributed by atoms with van der Waals surface area (Å²) >= 11 is 0. The van der Waals surface area contributed by atoms with Gasteiger partial charge in [0.2, 0.25) is 0 Å². The minimum Gasteiger partial charge on any atom is -0.271 e. The third-order valence-corrected chi connectivity index (χ3v) is 3.94. The Balaban J connectivity index is 2.21. The van der Waals surface area contributed by atoms with E-state index in [2.05, 4.69) is 43.5 Å². The first kappa shape index (κ1) is 15.7. The van der Waals surface area contributed by atoms with Crippen LogP contribution in [0.5, 0.6) is 0 Å². The monoisotopic (exact) mass is 286 g/mol. The van der Waals surface area contributed by atoms with Gasteiger partial charge in [-0.2, -0.15) is 0 Å². The van der Waals surface area contributed by atoms with Crippen molar-refractivity contribution in [2.24, 2.45) is 5.84 Å². The van der Waals surface area contributed by atoms with Gasteiger partial charge in [0.05, 0.1) is 0 Å². The van der Waals surface area contributed by atoms with Gasteiger partial charge in [0.1, 0.15) is 5.82 Å². The summed E-state index contributed by atoms with van der Waals surface area (Å²) in [6.45, 7) is 6.33. The van der Waals surface area contributed by atoms with Gasteiger partial charge in [0.15, 0.2) is 0 Å². The molecule has 2 rings (SSSR count). The summed E-state index contributed by atoms with van der Waals surface area (Å²) in [7, 11) is 0. The Morgan fingerprint density at radius 3 is 2.24 bits per heavy atom. The van der Waals surface area contributed by atoms with Crippen molar-refractivity contribution < 1.29 is 4.39 Å².